The minimum Gasteiger partial charge on any atom is -0.481 e. The van der Waals surface area contributed by atoms with Crippen LogP contribution in [0.3, 0.4) is 0 Å². The van der Waals surface area contributed by atoms with Crippen molar-refractivity contribution >= 4 is 11.8 Å². The van der Waals surface area contributed by atoms with Crippen LogP contribution in [-0.4, -0.2) is 39.3 Å². The molecular weight excluding hydrogens is 356 g/mol. The Morgan fingerprint density at radius 1 is 1.14 bits per heavy atom. The molecule has 154 valence electrons. The van der Waals surface area contributed by atoms with Gasteiger partial charge in [0, 0.05) is 18.8 Å². The fourth-order valence-electron chi connectivity index (χ4n) is 3.91. The number of aryl methyl sites for hydroxylation is 1. The predicted octanol–water partition coefficient (Wildman–Crippen LogP) is 3.53. The molecule has 0 unspecified atom stereocenters. The van der Waals surface area contributed by atoms with Gasteiger partial charge in [-0.3, -0.25) is 9.59 Å². The van der Waals surface area contributed by atoms with Crippen molar-refractivity contribution in [1.82, 2.24) is 0 Å². The molecule has 0 radical (unpaired) electrons. The normalized spacial score (nSPS) is 23.4. The molecule has 5 nitrogen and oxygen atoms in total. The SMILES string of the molecule is O=C(O)CCCCCC[C@H]1[C@@H](O)CC(=O)[C@@H]1/C=C/[C@H](O)CCc1ccccc1. The molecule has 0 amide bonds. The lowest BCUT2D eigenvalue weighted by Gasteiger charge is -2.18. The van der Waals surface area contributed by atoms with Crippen molar-refractivity contribution in [2.45, 2.75) is 70.0 Å². The molecule has 1 aliphatic rings. The highest BCUT2D eigenvalue weighted by Crippen LogP contribution is 2.34. The first-order valence-corrected chi connectivity index (χ1v) is 10.3. The molecule has 28 heavy (non-hydrogen) atoms. The van der Waals surface area contributed by atoms with Crippen LogP contribution in [0.4, 0.5) is 0 Å². The van der Waals surface area contributed by atoms with Crippen molar-refractivity contribution < 1.29 is 24.9 Å². The average Bonchev–Trinajstić information content (AvgIpc) is 2.94. The first-order valence-electron chi connectivity index (χ1n) is 10.3. The Balaban J connectivity index is 1.77. The molecule has 3 N–H and O–H groups in total. The molecule has 2 rings (SSSR count). The summed E-state index contributed by atoms with van der Waals surface area (Å²) in [4.78, 5) is 22.8. The quantitative estimate of drug-likeness (QED) is 0.376. The maximum Gasteiger partial charge on any atom is 0.303 e. The molecule has 1 aromatic carbocycles. The van der Waals surface area contributed by atoms with Gasteiger partial charge in [0.2, 0.25) is 0 Å². The topological polar surface area (TPSA) is 94.8 Å². The van der Waals surface area contributed by atoms with Crippen molar-refractivity contribution in [3.05, 3.63) is 48.0 Å². The molecule has 0 aromatic heterocycles. The fraction of sp³-hybridized carbons (Fsp3) is 0.565. The van der Waals surface area contributed by atoms with Gasteiger partial charge in [-0.25, -0.2) is 0 Å². The number of rotatable bonds is 12. The molecular formula is C23H32O5. The molecule has 5 heteroatoms. The first-order chi connectivity index (χ1) is 13.5. The molecule has 1 fully saturated rings. The van der Waals surface area contributed by atoms with Crippen molar-refractivity contribution in [2.75, 3.05) is 0 Å². The molecule has 4 atom stereocenters. The number of hydrogen-bond donors (Lipinski definition) is 3. The second-order valence-corrected chi connectivity index (χ2v) is 7.75. The van der Waals surface area contributed by atoms with Gasteiger partial charge in [-0.2, -0.15) is 0 Å². The second-order valence-electron chi connectivity index (χ2n) is 7.75. The monoisotopic (exact) mass is 388 g/mol. The van der Waals surface area contributed by atoms with Crippen LogP contribution in [0.5, 0.6) is 0 Å². The molecule has 0 bridgehead atoms. The third-order valence-electron chi connectivity index (χ3n) is 5.53. The number of carbonyl (C=O) groups is 2. The molecule has 1 aromatic rings. The van der Waals surface area contributed by atoms with Gasteiger partial charge in [-0.1, -0.05) is 61.7 Å². The Labute approximate surface area is 167 Å². The predicted molar refractivity (Wildman–Crippen MR) is 108 cm³/mol. The number of carboxylic acids is 1. The van der Waals surface area contributed by atoms with Gasteiger partial charge in [-0.05, 0) is 37.2 Å². The van der Waals surface area contributed by atoms with E-state index in [4.69, 9.17) is 5.11 Å². The molecule has 1 aliphatic carbocycles. The van der Waals surface area contributed by atoms with Crippen LogP contribution in [-0.2, 0) is 16.0 Å². The molecule has 0 spiro atoms. The number of unbranched alkanes of at least 4 members (excludes halogenated alkanes) is 3. The van der Waals surface area contributed by atoms with E-state index in [1.165, 1.54) is 5.56 Å². The number of aliphatic carboxylic acids is 1. The number of hydrogen-bond acceptors (Lipinski definition) is 4. The second kappa shape index (κ2) is 11.8. The van der Waals surface area contributed by atoms with Crippen LogP contribution in [0.1, 0.15) is 56.9 Å². The van der Waals surface area contributed by atoms with Crippen LogP contribution in [0.2, 0.25) is 0 Å². The maximum atomic E-state index is 12.2. The minimum atomic E-state index is -0.771. The van der Waals surface area contributed by atoms with E-state index in [1.54, 1.807) is 12.2 Å². The zero-order valence-electron chi connectivity index (χ0n) is 16.4. The molecule has 0 aliphatic heterocycles. The largest absolute Gasteiger partial charge is 0.481 e. The van der Waals surface area contributed by atoms with E-state index in [1.807, 2.05) is 30.3 Å². The summed E-state index contributed by atoms with van der Waals surface area (Å²) in [5, 5.41) is 29.1. The lowest BCUT2D eigenvalue weighted by Crippen LogP contribution is -2.19. The van der Waals surface area contributed by atoms with E-state index in [0.29, 0.717) is 12.8 Å². The summed E-state index contributed by atoms with van der Waals surface area (Å²) < 4.78 is 0. The Kier molecular flexibility index (Phi) is 9.38. The summed E-state index contributed by atoms with van der Waals surface area (Å²) in [7, 11) is 0. The summed E-state index contributed by atoms with van der Waals surface area (Å²) in [6.07, 6.45) is 8.02. The molecule has 0 saturated heterocycles. The van der Waals surface area contributed by atoms with Crippen LogP contribution >= 0.6 is 0 Å². The maximum absolute atomic E-state index is 12.2. The van der Waals surface area contributed by atoms with E-state index >= 15 is 0 Å². The van der Waals surface area contributed by atoms with E-state index in [2.05, 4.69) is 0 Å². The number of aliphatic hydroxyl groups excluding tert-OH is 2. The van der Waals surface area contributed by atoms with Gasteiger partial charge in [0.25, 0.3) is 0 Å². The zero-order chi connectivity index (χ0) is 20.4. The standard InChI is InChI=1S/C23H32O5/c24-18(13-12-17-8-4-3-5-9-17)14-15-20-19(21(25)16-22(20)26)10-6-1-2-7-11-23(27)28/h3-5,8-9,14-15,18-21,24-25H,1-2,6-7,10-13,16H2,(H,27,28)/b15-14+/t18-,19-,20-,21+/m1/s1. The highest BCUT2D eigenvalue weighted by atomic mass is 16.4. The Morgan fingerprint density at radius 3 is 2.57 bits per heavy atom. The summed E-state index contributed by atoms with van der Waals surface area (Å²) in [5.41, 5.74) is 1.17. The number of ketones is 1. The summed E-state index contributed by atoms with van der Waals surface area (Å²) in [5.74, 6) is -1.17. The molecule has 0 heterocycles. The minimum absolute atomic E-state index is 0.0369. The van der Waals surface area contributed by atoms with E-state index in [9.17, 15) is 19.8 Å². The smallest absolute Gasteiger partial charge is 0.303 e. The average molecular weight is 389 g/mol. The van der Waals surface area contributed by atoms with Crippen LogP contribution < -0.4 is 0 Å². The summed E-state index contributed by atoms with van der Waals surface area (Å²) in [6, 6.07) is 9.97. The van der Waals surface area contributed by atoms with Crippen molar-refractivity contribution in [1.29, 1.82) is 0 Å². The third kappa shape index (κ3) is 7.56. The van der Waals surface area contributed by atoms with Crippen molar-refractivity contribution in [3.63, 3.8) is 0 Å². The van der Waals surface area contributed by atoms with Crippen molar-refractivity contribution in [2.24, 2.45) is 11.8 Å². The lowest BCUT2D eigenvalue weighted by molar-refractivity contribution is -0.137. The van der Waals surface area contributed by atoms with Gasteiger partial charge < -0.3 is 15.3 Å². The van der Waals surface area contributed by atoms with Gasteiger partial charge >= 0.3 is 5.97 Å². The summed E-state index contributed by atoms with van der Waals surface area (Å²) in [6.45, 7) is 0. The Hall–Kier alpha value is -1.98. The van der Waals surface area contributed by atoms with Gasteiger partial charge in [-0.15, -0.1) is 0 Å². The number of carboxylic acid groups (broad SMARTS) is 1. The lowest BCUT2D eigenvalue weighted by atomic mass is 9.88. The number of Topliss-reactive ketones (excluding diaryl/α,β-unsaturated/α-hetero) is 1. The summed E-state index contributed by atoms with van der Waals surface area (Å²) >= 11 is 0. The van der Waals surface area contributed by atoms with E-state index < -0.39 is 18.2 Å². The number of allylic oxidation sites excluding steroid dienone is 1. The highest BCUT2D eigenvalue weighted by molar-refractivity contribution is 5.85. The highest BCUT2D eigenvalue weighted by Gasteiger charge is 2.39. The Morgan fingerprint density at radius 2 is 1.86 bits per heavy atom. The van der Waals surface area contributed by atoms with E-state index in [0.717, 1.165) is 32.1 Å². The molecule has 1 saturated carbocycles. The van der Waals surface area contributed by atoms with E-state index in [-0.39, 0.29) is 30.5 Å². The van der Waals surface area contributed by atoms with Crippen LogP contribution in [0.25, 0.3) is 0 Å². The van der Waals surface area contributed by atoms with Gasteiger partial charge in [0.05, 0.1) is 12.2 Å². The van der Waals surface area contributed by atoms with Gasteiger partial charge in [0.15, 0.2) is 0 Å². The van der Waals surface area contributed by atoms with Crippen LogP contribution in [0.15, 0.2) is 42.5 Å². The van der Waals surface area contributed by atoms with Crippen LogP contribution in [0, 0.1) is 11.8 Å². The van der Waals surface area contributed by atoms with Crippen molar-refractivity contribution in [3.8, 4) is 0 Å². The number of carbonyl (C=O) groups excluding carboxylic acids is 1. The van der Waals surface area contributed by atoms with Gasteiger partial charge in [0.1, 0.15) is 5.78 Å². The number of aliphatic hydroxyl groups is 2. The Bertz CT molecular complexity index is 640. The zero-order valence-corrected chi connectivity index (χ0v) is 16.4. The first kappa shape index (κ1) is 22.3. The number of benzene rings is 1. The fourth-order valence-corrected chi connectivity index (χ4v) is 3.91. The third-order valence-corrected chi connectivity index (χ3v) is 5.53.